The van der Waals surface area contributed by atoms with Crippen molar-refractivity contribution in [3.05, 3.63) is 41.4 Å². The van der Waals surface area contributed by atoms with Gasteiger partial charge in [-0.15, -0.1) is 35.5 Å². The van der Waals surface area contributed by atoms with Crippen LogP contribution in [0.2, 0.25) is 0 Å². The molecule has 1 aliphatic rings. The monoisotopic (exact) mass is 341 g/mol. The van der Waals surface area contributed by atoms with Crippen LogP contribution in [0.4, 0.5) is 5.13 Å². The summed E-state index contributed by atoms with van der Waals surface area (Å²) in [5, 5.41) is 0.676. The largest absolute Gasteiger partial charge is 0.375 e. The van der Waals surface area contributed by atoms with Gasteiger partial charge in [-0.25, -0.2) is 4.98 Å². The van der Waals surface area contributed by atoms with Crippen LogP contribution in [-0.4, -0.2) is 28.7 Å². The van der Waals surface area contributed by atoms with Crippen LogP contribution in [0.5, 0.6) is 0 Å². The highest BCUT2D eigenvalue weighted by atomic mass is 35.5. The second kappa shape index (κ2) is 8.03. The number of likely N-dealkylation sites (tertiary alicyclic amines) is 1. The molecule has 114 valence electrons. The molecule has 2 N–H and O–H groups in total. The van der Waals surface area contributed by atoms with Crippen molar-refractivity contribution in [2.45, 2.75) is 17.9 Å². The summed E-state index contributed by atoms with van der Waals surface area (Å²) in [5.41, 5.74) is 5.68. The topological polar surface area (TPSA) is 42.1 Å². The van der Waals surface area contributed by atoms with Crippen molar-refractivity contribution in [3.63, 3.8) is 0 Å². The highest BCUT2D eigenvalue weighted by Crippen LogP contribution is 2.27. The van der Waals surface area contributed by atoms with Gasteiger partial charge in [-0.3, -0.25) is 4.90 Å². The van der Waals surface area contributed by atoms with Crippen LogP contribution in [0.1, 0.15) is 11.3 Å². The number of benzene rings is 1. The number of nitrogens with zero attached hydrogens (tertiary/aromatic N) is 2. The second-order valence-electron chi connectivity index (χ2n) is 5.18. The zero-order valence-corrected chi connectivity index (χ0v) is 14.2. The zero-order valence-electron chi connectivity index (χ0n) is 11.8. The van der Waals surface area contributed by atoms with Crippen LogP contribution in [0, 0.1) is 5.92 Å². The number of thiazole rings is 1. The summed E-state index contributed by atoms with van der Waals surface area (Å²) in [6.07, 6.45) is 3.21. The van der Waals surface area contributed by atoms with E-state index in [-0.39, 0.29) is 12.4 Å². The fraction of sp³-hybridized carbons (Fsp3) is 0.400. The number of nitrogen functional groups attached to an aromatic ring is 1. The Morgan fingerprint density at radius 3 is 2.86 bits per heavy atom. The molecule has 0 bridgehead atoms. The minimum absolute atomic E-state index is 0. The van der Waals surface area contributed by atoms with Crippen molar-refractivity contribution in [3.8, 4) is 0 Å². The Morgan fingerprint density at radius 1 is 1.33 bits per heavy atom. The normalized spacial score (nSPS) is 18.6. The predicted octanol–water partition coefficient (Wildman–Crippen LogP) is 3.76. The van der Waals surface area contributed by atoms with E-state index < -0.39 is 0 Å². The van der Waals surface area contributed by atoms with Crippen LogP contribution < -0.4 is 5.73 Å². The smallest absolute Gasteiger partial charge is 0.180 e. The molecule has 0 spiro atoms. The third kappa shape index (κ3) is 4.88. The number of hydrogen-bond donors (Lipinski definition) is 1. The van der Waals surface area contributed by atoms with Gasteiger partial charge in [0.05, 0.1) is 0 Å². The number of hydrogen-bond acceptors (Lipinski definition) is 5. The SMILES string of the molecule is Cl.Nc1ncc(CN2CCC(CSc3ccccc3)C2)s1. The molecule has 1 saturated heterocycles. The molecule has 0 amide bonds. The molecule has 6 heteroatoms. The fourth-order valence-electron chi connectivity index (χ4n) is 2.54. The van der Waals surface area contributed by atoms with Crippen LogP contribution in [0.15, 0.2) is 41.4 Å². The first-order valence-electron chi connectivity index (χ1n) is 6.90. The number of rotatable bonds is 5. The van der Waals surface area contributed by atoms with Gasteiger partial charge in [0.25, 0.3) is 0 Å². The molecule has 1 aliphatic heterocycles. The third-order valence-electron chi connectivity index (χ3n) is 3.55. The van der Waals surface area contributed by atoms with Gasteiger partial charge >= 0.3 is 0 Å². The maximum atomic E-state index is 5.68. The minimum atomic E-state index is 0. The van der Waals surface area contributed by atoms with Gasteiger partial charge in [-0.05, 0) is 31.0 Å². The lowest BCUT2D eigenvalue weighted by Gasteiger charge is -2.14. The first kappa shape index (κ1) is 16.6. The van der Waals surface area contributed by atoms with Crippen molar-refractivity contribution in [1.82, 2.24) is 9.88 Å². The molecule has 3 rings (SSSR count). The van der Waals surface area contributed by atoms with Gasteiger partial charge in [0, 0.05) is 34.8 Å². The molecule has 3 nitrogen and oxygen atoms in total. The lowest BCUT2D eigenvalue weighted by atomic mass is 10.2. The fourth-order valence-corrected chi connectivity index (χ4v) is 4.32. The van der Waals surface area contributed by atoms with E-state index in [1.807, 2.05) is 18.0 Å². The molecule has 1 unspecified atom stereocenters. The summed E-state index contributed by atoms with van der Waals surface area (Å²) in [6, 6.07) is 10.7. The summed E-state index contributed by atoms with van der Waals surface area (Å²) >= 11 is 3.58. The Labute approximate surface area is 140 Å². The van der Waals surface area contributed by atoms with Crippen LogP contribution in [-0.2, 0) is 6.54 Å². The van der Waals surface area contributed by atoms with Gasteiger partial charge in [0.2, 0.25) is 0 Å². The lowest BCUT2D eigenvalue weighted by molar-refractivity contribution is 0.324. The Kier molecular flexibility index (Phi) is 6.36. The molecular formula is C15H20ClN3S2. The van der Waals surface area contributed by atoms with Crippen molar-refractivity contribution in [2.24, 2.45) is 5.92 Å². The quantitative estimate of drug-likeness (QED) is 0.841. The maximum absolute atomic E-state index is 5.68. The molecule has 1 atom stereocenters. The molecule has 21 heavy (non-hydrogen) atoms. The number of anilines is 1. The average molecular weight is 342 g/mol. The zero-order chi connectivity index (χ0) is 13.8. The molecule has 1 aromatic heterocycles. The Hall–Kier alpha value is -0.750. The van der Waals surface area contributed by atoms with Crippen LogP contribution >= 0.6 is 35.5 Å². The average Bonchev–Trinajstić information content (AvgIpc) is 3.08. The third-order valence-corrected chi connectivity index (χ3v) is 5.60. The molecule has 0 radical (unpaired) electrons. The number of nitrogens with two attached hydrogens (primary N) is 1. The minimum Gasteiger partial charge on any atom is -0.375 e. The molecular weight excluding hydrogens is 322 g/mol. The van der Waals surface area contributed by atoms with Gasteiger partial charge in [-0.1, -0.05) is 18.2 Å². The summed E-state index contributed by atoms with van der Waals surface area (Å²) in [6.45, 7) is 3.39. The van der Waals surface area contributed by atoms with E-state index in [9.17, 15) is 0 Å². The maximum Gasteiger partial charge on any atom is 0.180 e. The molecule has 0 aliphatic carbocycles. The van der Waals surface area contributed by atoms with Gasteiger partial charge in [0.1, 0.15) is 0 Å². The van der Waals surface area contributed by atoms with E-state index in [2.05, 4.69) is 40.2 Å². The molecule has 1 aromatic carbocycles. The summed E-state index contributed by atoms with van der Waals surface area (Å²) < 4.78 is 0. The highest BCUT2D eigenvalue weighted by Gasteiger charge is 2.22. The second-order valence-corrected chi connectivity index (χ2v) is 7.42. The van der Waals surface area contributed by atoms with E-state index in [0.29, 0.717) is 5.13 Å². The first-order chi connectivity index (χ1) is 9.79. The number of halogens is 1. The molecule has 2 aromatic rings. The summed E-state index contributed by atoms with van der Waals surface area (Å²) in [4.78, 5) is 9.29. The summed E-state index contributed by atoms with van der Waals surface area (Å²) in [5.74, 6) is 2.01. The lowest BCUT2D eigenvalue weighted by Crippen LogP contribution is -2.20. The van der Waals surface area contributed by atoms with E-state index in [1.54, 1.807) is 11.3 Å². The van der Waals surface area contributed by atoms with E-state index >= 15 is 0 Å². The number of thioether (sulfide) groups is 1. The first-order valence-corrected chi connectivity index (χ1v) is 8.70. The summed E-state index contributed by atoms with van der Waals surface area (Å²) in [7, 11) is 0. The van der Waals surface area contributed by atoms with Crippen molar-refractivity contribution >= 4 is 40.6 Å². The van der Waals surface area contributed by atoms with E-state index in [1.165, 1.54) is 35.0 Å². The van der Waals surface area contributed by atoms with Gasteiger partial charge in [-0.2, -0.15) is 0 Å². The number of aromatic nitrogens is 1. The Morgan fingerprint density at radius 2 is 2.14 bits per heavy atom. The Balaban J connectivity index is 0.00000161. The van der Waals surface area contributed by atoms with E-state index in [4.69, 9.17) is 5.73 Å². The van der Waals surface area contributed by atoms with Crippen molar-refractivity contribution in [2.75, 3.05) is 24.6 Å². The standard InChI is InChI=1S/C15H19N3S2.ClH/c16-15-17-8-14(20-15)10-18-7-6-12(9-18)11-19-13-4-2-1-3-5-13;/h1-5,8,12H,6-7,9-11H2,(H2,16,17);1H. The van der Waals surface area contributed by atoms with Gasteiger partial charge < -0.3 is 5.73 Å². The Bertz CT molecular complexity index is 547. The highest BCUT2D eigenvalue weighted by molar-refractivity contribution is 7.99. The van der Waals surface area contributed by atoms with Crippen molar-refractivity contribution < 1.29 is 0 Å². The van der Waals surface area contributed by atoms with Gasteiger partial charge in [0.15, 0.2) is 5.13 Å². The molecule has 1 fully saturated rings. The van der Waals surface area contributed by atoms with Crippen molar-refractivity contribution in [1.29, 1.82) is 0 Å². The molecule has 0 saturated carbocycles. The molecule has 2 heterocycles. The van der Waals surface area contributed by atoms with Crippen LogP contribution in [0.25, 0.3) is 0 Å². The van der Waals surface area contributed by atoms with Crippen LogP contribution in [0.3, 0.4) is 0 Å². The van der Waals surface area contributed by atoms with E-state index in [0.717, 1.165) is 12.5 Å². The predicted molar refractivity (Wildman–Crippen MR) is 94.3 cm³/mol.